The standard InChI is InChI=1S/C11H12N2O2S/c1-3-15-11(14)9-8(12)7-5-4-6(2)13-10(7)16-9/h4-5H,3,12H2,1-2H3. The number of carbonyl (C=O) groups excluding carboxylic acids is 1. The van der Waals surface area contributed by atoms with Crippen LogP contribution in [0, 0.1) is 6.92 Å². The van der Waals surface area contributed by atoms with Gasteiger partial charge in [-0.15, -0.1) is 11.3 Å². The Morgan fingerprint density at radius 2 is 2.31 bits per heavy atom. The number of anilines is 1. The molecule has 0 saturated carbocycles. The Labute approximate surface area is 97.0 Å². The average molecular weight is 236 g/mol. The summed E-state index contributed by atoms with van der Waals surface area (Å²) < 4.78 is 4.93. The molecule has 4 nitrogen and oxygen atoms in total. The van der Waals surface area contributed by atoms with E-state index in [1.165, 1.54) is 11.3 Å². The number of pyridine rings is 1. The molecule has 0 aliphatic heterocycles. The summed E-state index contributed by atoms with van der Waals surface area (Å²) in [6.45, 7) is 4.02. The van der Waals surface area contributed by atoms with Gasteiger partial charge in [0.15, 0.2) is 0 Å². The minimum atomic E-state index is -0.374. The van der Waals surface area contributed by atoms with E-state index in [0.717, 1.165) is 15.9 Å². The van der Waals surface area contributed by atoms with Gasteiger partial charge in [-0.2, -0.15) is 0 Å². The molecule has 0 aliphatic rings. The first kappa shape index (κ1) is 10.9. The normalized spacial score (nSPS) is 10.6. The van der Waals surface area contributed by atoms with Crippen LogP contribution in [0.25, 0.3) is 10.2 Å². The molecular weight excluding hydrogens is 224 g/mol. The van der Waals surface area contributed by atoms with Crippen molar-refractivity contribution in [3.63, 3.8) is 0 Å². The number of ether oxygens (including phenoxy) is 1. The molecular formula is C11H12N2O2S. The molecule has 2 heterocycles. The third-order valence-corrected chi connectivity index (χ3v) is 3.29. The number of nitrogens with zero attached hydrogens (tertiary/aromatic N) is 1. The van der Waals surface area contributed by atoms with E-state index in [9.17, 15) is 4.79 Å². The van der Waals surface area contributed by atoms with Gasteiger partial charge in [-0.05, 0) is 26.0 Å². The molecule has 0 atom stereocenters. The Kier molecular flexibility index (Phi) is 2.78. The first-order valence-corrected chi connectivity index (χ1v) is 5.78. The van der Waals surface area contributed by atoms with Gasteiger partial charge in [0.2, 0.25) is 0 Å². The number of hydrogen-bond acceptors (Lipinski definition) is 5. The molecule has 84 valence electrons. The second-order valence-electron chi connectivity index (χ2n) is 3.37. The van der Waals surface area contributed by atoms with Crippen LogP contribution < -0.4 is 5.73 Å². The van der Waals surface area contributed by atoms with Gasteiger partial charge in [-0.1, -0.05) is 0 Å². The van der Waals surface area contributed by atoms with E-state index in [1.807, 2.05) is 19.1 Å². The van der Waals surface area contributed by atoms with E-state index in [1.54, 1.807) is 6.92 Å². The third kappa shape index (κ3) is 1.74. The Morgan fingerprint density at radius 3 is 3.00 bits per heavy atom. The second-order valence-corrected chi connectivity index (χ2v) is 4.37. The van der Waals surface area contributed by atoms with Gasteiger partial charge < -0.3 is 10.5 Å². The van der Waals surface area contributed by atoms with Crippen LogP contribution >= 0.6 is 11.3 Å². The van der Waals surface area contributed by atoms with Crippen LogP contribution in [0.3, 0.4) is 0 Å². The van der Waals surface area contributed by atoms with Crippen LogP contribution in [0.1, 0.15) is 22.3 Å². The lowest BCUT2D eigenvalue weighted by atomic mass is 10.2. The molecule has 0 aromatic carbocycles. The number of esters is 1. The minimum absolute atomic E-state index is 0.346. The van der Waals surface area contributed by atoms with E-state index in [2.05, 4.69) is 4.98 Å². The molecule has 0 bridgehead atoms. The summed E-state index contributed by atoms with van der Waals surface area (Å²) in [6, 6.07) is 3.76. The van der Waals surface area contributed by atoms with Gasteiger partial charge in [-0.3, -0.25) is 0 Å². The smallest absolute Gasteiger partial charge is 0.350 e. The Morgan fingerprint density at radius 1 is 1.56 bits per heavy atom. The van der Waals surface area contributed by atoms with Crippen molar-refractivity contribution in [2.75, 3.05) is 12.3 Å². The van der Waals surface area contributed by atoms with E-state index in [0.29, 0.717) is 17.2 Å². The number of rotatable bonds is 2. The molecule has 0 amide bonds. The first-order chi connectivity index (χ1) is 7.63. The molecule has 2 aromatic heterocycles. The SMILES string of the molecule is CCOC(=O)c1sc2nc(C)ccc2c1N. The van der Waals surface area contributed by atoms with Crippen LogP contribution in [0.15, 0.2) is 12.1 Å². The minimum Gasteiger partial charge on any atom is -0.462 e. The predicted molar refractivity (Wildman–Crippen MR) is 64.7 cm³/mol. The third-order valence-electron chi connectivity index (χ3n) is 2.19. The number of aryl methyl sites for hydroxylation is 1. The van der Waals surface area contributed by atoms with Crippen molar-refractivity contribution in [1.82, 2.24) is 4.98 Å². The van der Waals surface area contributed by atoms with Gasteiger partial charge in [0.25, 0.3) is 0 Å². The molecule has 0 radical (unpaired) electrons. The molecule has 16 heavy (non-hydrogen) atoms. The number of aromatic nitrogens is 1. The highest BCUT2D eigenvalue weighted by Gasteiger charge is 2.17. The lowest BCUT2D eigenvalue weighted by molar-refractivity contribution is 0.0533. The van der Waals surface area contributed by atoms with Crippen molar-refractivity contribution < 1.29 is 9.53 Å². The number of nitrogens with two attached hydrogens (primary N) is 1. The maximum Gasteiger partial charge on any atom is 0.350 e. The summed E-state index contributed by atoms with van der Waals surface area (Å²) in [5.74, 6) is -0.374. The first-order valence-electron chi connectivity index (χ1n) is 4.96. The van der Waals surface area contributed by atoms with Gasteiger partial charge in [0.1, 0.15) is 9.71 Å². The maximum absolute atomic E-state index is 11.6. The molecule has 0 fully saturated rings. The summed E-state index contributed by atoms with van der Waals surface area (Å²) in [6.07, 6.45) is 0. The molecule has 0 aliphatic carbocycles. The van der Waals surface area contributed by atoms with E-state index >= 15 is 0 Å². The van der Waals surface area contributed by atoms with Crippen LogP contribution in [0.5, 0.6) is 0 Å². The second kappa shape index (κ2) is 4.09. The molecule has 2 aromatic rings. The molecule has 0 unspecified atom stereocenters. The maximum atomic E-state index is 11.6. The van der Waals surface area contributed by atoms with Gasteiger partial charge >= 0.3 is 5.97 Å². The highest BCUT2D eigenvalue weighted by molar-refractivity contribution is 7.21. The fraction of sp³-hybridized carbons (Fsp3) is 0.273. The molecule has 2 N–H and O–H groups in total. The summed E-state index contributed by atoms with van der Waals surface area (Å²) in [5.41, 5.74) is 7.26. The van der Waals surface area contributed by atoms with Gasteiger partial charge in [0.05, 0.1) is 12.3 Å². The van der Waals surface area contributed by atoms with Crippen LogP contribution in [-0.2, 0) is 4.74 Å². The summed E-state index contributed by atoms with van der Waals surface area (Å²) in [5, 5.41) is 0.818. The van der Waals surface area contributed by atoms with Crippen LogP contribution in [0.2, 0.25) is 0 Å². The van der Waals surface area contributed by atoms with E-state index in [4.69, 9.17) is 10.5 Å². The Bertz CT molecular complexity index is 548. The number of thiophene rings is 1. The lowest BCUT2D eigenvalue weighted by Crippen LogP contribution is -2.04. The number of fused-ring (bicyclic) bond motifs is 1. The van der Waals surface area contributed by atoms with Gasteiger partial charge in [-0.25, -0.2) is 9.78 Å². The lowest BCUT2D eigenvalue weighted by Gasteiger charge is -1.98. The average Bonchev–Trinajstić information content (AvgIpc) is 2.56. The van der Waals surface area contributed by atoms with E-state index < -0.39 is 0 Å². The highest BCUT2D eigenvalue weighted by atomic mass is 32.1. The number of hydrogen-bond donors (Lipinski definition) is 1. The molecule has 0 saturated heterocycles. The summed E-state index contributed by atoms with van der Waals surface area (Å²) in [7, 11) is 0. The van der Waals surface area contributed by atoms with Crippen molar-refractivity contribution in [1.29, 1.82) is 0 Å². The highest BCUT2D eigenvalue weighted by Crippen LogP contribution is 2.32. The summed E-state index contributed by atoms with van der Waals surface area (Å²) >= 11 is 1.28. The fourth-order valence-corrected chi connectivity index (χ4v) is 2.47. The van der Waals surface area contributed by atoms with Crippen LogP contribution in [-0.4, -0.2) is 17.6 Å². The van der Waals surface area contributed by atoms with Crippen LogP contribution in [0.4, 0.5) is 5.69 Å². The Hall–Kier alpha value is -1.62. The van der Waals surface area contributed by atoms with Gasteiger partial charge in [0, 0.05) is 11.1 Å². The van der Waals surface area contributed by atoms with Crippen molar-refractivity contribution in [3.05, 3.63) is 22.7 Å². The Balaban J connectivity index is 2.55. The zero-order chi connectivity index (χ0) is 11.7. The number of carbonyl (C=O) groups is 1. The van der Waals surface area contributed by atoms with Crippen molar-refractivity contribution in [2.24, 2.45) is 0 Å². The summed E-state index contributed by atoms with van der Waals surface area (Å²) in [4.78, 5) is 17.1. The molecule has 0 spiro atoms. The topological polar surface area (TPSA) is 65.2 Å². The van der Waals surface area contributed by atoms with Crippen molar-refractivity contribution in [2.45, 2.75) is 13.8 Å². The van der Waals surface area contributed by atoms with Crippen molar-refractivity contribution >= 4 is 33.2 Å². The predicted octanol–water partition coefficient (Wildman–Crippen LogP) is 2.36. The molecule has 2 rings (SSSR count). The number of nitrogen functional groups attached to an aromatic ring is 1. The zero-order valence-corrected chi connectivity index (χ0v) is 9.93. The monoisotopic (exact) mass is 236 g/mol. The largest absolute Gasteiger partial charge is 0.462 e. The molecule has 5 heteroatoms. The quantitative estimate of drug-likeness (QED) is 0.813. The zero-order valence-electron chi connectivity index (χ0n) is 9.11. The fourth-order valence-electron chi connectivity index (χ4n) is 1.44. The van der Waals surface area contributed by atoms with Crippen molar-refractivity contribution in [3.8, 4) is 0 Å². The van der Waals surface area contributed by atoms with E-state index in [-0.39, 0.29) is 5.97 Å².